The molecule has 0 aliphatic carbocycles. The maximum absolute atomic E-state index is 10.1. The fourth-order valence-corrected chi connectivity index (χ4v) is 0.302. The van der Waals surface area contributed by atoms with E-state index in [0.717, 1.165) is 0 Å². The van der Waals surface area contributed by atoms with Crippen LogP contribution in [-0.2, 0) is 14.4 Å². The molecule has 0 radical (unpaired) electrons. The van der Waals surface area contributed by atoms with Gasteiger partial charge in [0.2, 0.25) is 5.78 Å². The van der Waals surface area contributed by atoms with E-state index < -0.39 is 24.0 Å². The summed E-state index contributed by atoms with van der Waals surface area (Å²) in [5.74, 6) is -3.03. The maximum Gasteiger partial charge on any atom is 2.00 e. The average Bonchev–Trinajstić information content (AvgIpc) is 1.63. The van der Waals surface area contributed by atoms with Crippen LogP contribution in [0.3, 0.4) is 0 Å². The van der Waals surface area contributed by atoms with Gasteiger partial charge in [0, 0.05) is 0 Å². The molecule has 0 aromatic rings. The molecule has 0 unspecified atom stereocenters. The Hall–Kier alpha value is -1.02. The van der Waals surface area contributed by atoms with Crippen LogP contribution in [-0.4, -0.2) is 32.8 Å². The van der Waals surface area contributed by atoms with Crippen molar-refractivity contribution >= 4 is 27.7 Å². The summed E-state index contributed by atoms with van der Waals surface area (Å²) in [5.41, 5.74) is 0. The molecular weight excluding hydrogens is 133 g/mol. The van der Waals surface area contributed by atoms with Crippen LogP contribution in [0.15, 0.2) is 0 Å². The third-order valence-electron chi connectivity index (χ3n) is 0.648. The van der Waals surface area contributed by atoms with Crippen LogP contribution >= 0.6 is 0 Å². The number of carbonyl (C=O) groups is 3. The van der Waals surface area contributed by atoms with Crippen molar-refractivity contribution in [3.63, 3.8) is 0 Å². The van der Waals surface area contributed by atoms with Gasteiger partial charge in [-0.2, -0.15) is 0 Å². The van der Waals surface area contributed by atoms with E-state index in [4.69, 9.17) is 5.11 Å². The van der Waals surface area contributed by atoms with E-state index in [1.807, 2.05) is 0 Å². The molecule has 0 saturated carbocycles. The summed E-state index contributed by atoms with van der Waals surface area (Å²) in [6, 6.07) is 0. The molecule has 0 amide bonds. The molecule has 1 N–H and O–H groups in total. The van der Waals surface area contributed by atoms with Crippen LogP contribution in [0.5, 0.6) is 0 Å². The van der Waals surface area contributed by atoms with Gasteiger partial charge in [-0.3, -0.25) is 9.59 Å². The van der Waals surface area contributed by atoms with Gasteiger partial charge in [-0.05, 0) is 6.92 Å². The predicted octanol–water partition coefficient (Wildman–Crippen LogP) is -0.537. The molecule has 0 aliphatic rings. The first-order chi connectivity index (χ1) is 4.04. The number of hydrogen-bond acceptors (Lipinski definition) is 3. The van der Waals surface area contributed by atoms with Crippen molar-refractivity contribution < 1.29 is 22.3 Å². The molecule has 0 atom stereocenters. The molecule has 10 heavy (non-hydrogen) atoms. The van der Waals surface area contributed by atoms with Gasteiger partial charge in [0.25, 0.3) is 0 Å². The van der Waals surface area contributed by atoms with Crippen LogP contribution < -0.4 is 0 Å². The Morgan fingerprint density at radius 3 is 1.90 bits per heavy atom. The zero-order valence-electron chi connectivity index (χ0n) is 7.59. The smallest absolute Gasteiger partial charge is 1.00 e. The van der Waals surface area contributed by atoms with Crippen LogP contribution in [0.1, 0.15) is 16.2 Å². The Morgan fingerprint density at radius 2 is 1.80 bits per heavy atom. The van der Waals surface area contributed by atoms with Crippen molar-refractivity contribution in [1.29, 1.82) is 0 Å². The van der Waals surface area contributed by atoms with E-state index in [9.17, 15) is 14.4 Å². The first kappa shape index (κ1) is 11.7. The van der Waals surface area contributed by atoms with E-state index in [1.54, 1.807) is 0 Å². The fraction of sp³-hybridized carbons (Fsp3) is 0.400. The van der Waals surface area contributed by atoms with Crippen LogP contribution in [0.2, 0.25) is 0 Å². The molecular formula is C5H8BeO4. The molecule has 0 aromatic heterocycles. The number of rotatable bonds is 3. The molecule has 0 aromatic carbocycles. The second-order valence-electron chi connectivity index (χ2n) is 1.61. The summed E-state index contributed by atoms with van der Waals surface area (Å²) >= 11 is 0. The Morgan fingerprint density at radius 1 is 1.40 bits per heavy atom. The van der Waals surface area contributed by atoms with Crippen LogP contribution in [0.4, 0.5) is 0 Å². The van der Waals surface area contributed by atoms with Gasteiger partial charge >= 0.3 is 16.1 Å². The Bertz CT molecular complexity index is 171. The Balaban J connectivity index is -0.000000107. The van der Waals surface area contributed by atoms with Gasteiger partial charge in [0.1, 0.15) is 5.78 Å². The summed E-state index contributed by atoms with van der Waals surface area (Å²) in [4.78, 5) is 29.9. The Labute approximate surface area is 64.4 Å². The molecule has 4 nitrogen and oxygen atoms in total. The second kappa shape index (κ2) is 4.82. The SMILES string of the molecule is CC(=O)CC(=O)C(=O)O.[Be+2].[H-].[H-]. The summed E-state index contributed by atoms with van der Waals surface area (Å²) in [7, 11) is 0. The first-order valence-corrected chi connectivity index (χ1v) is 2.29. The molecule has 54 valence electrons. The average molecular weight is 141 g/mol. The number of hydrogen-bond donors (Lipinski definition) is 1. The normalized spacial score (nSPS) is 7.70. The fourth-order valence-electron chi connectivity index (χ4n) is 0.302. The van der Waals surface area contributed by atoms with E-state index in [-0.39, 0.29) is 13.0 Å². The van der Waals surface area contributed by atoms with Crippen molar-refractivity contribution in [3.8, 4) is 0 Å². The molecule has 5 heteroatoms. The molecule has 0 saturated heterocycles. The monoisotopic (exact) mass is 141 g/mol. The molecule has 0 aliphatic heterocycles. The summed E-state index contributed by atoms with van der Waals surface area (Å²) in [6.07, 6.45) is -0.505. The standard InChI is InChI=1S/C5H6O4.Be.2H/c1-3(6)2-4(7)5(8)9;;;/h2H2,1H3,(H,8,9);;;/q;+2;2*-1. The zero-order valence-corrected chi connectivity index (χ0v) is 5.59. The van der Waals surface area contributed by atoms with E-state index in [1.165, 1.54) is 6.92 Å². The number of aliphatic carboxylic acids is 1. The maximum atomic E-state index is 10.1. The summed E-state index contributed by atoms with van der Waals surface area (Å²) in [5, 5.41) is 7.93. The number of ketones is 2. The van der Waals surface area contributed by atoms with Crippen molar-refractivity contribution in [1.82, 2.24) is 0 Å². The minimum Gasteiger partial charge on any atom is -1.00 e. The number of carboxylic acid groups (broad SMARTS) is 1. The van der Waals surface area contributed by atoms with Gasteiger partial charge in [0.15, 0.2) is 0 Å². The van der Waals surface area contributed by atoms with E-state index in [2.05, 4.69) is 0 Å². The Kier molecular flexibility index (Phi) is 5.66. The summed E-state index contributed by atoms with van der Waals surface area (Å²) in [6.45, 7) is 1.17. The number of carbonyl (C=O) groups excluding carboxylic acids is 2. The van der Waals surface area contributed by atoms with Gasteiger partial charge in [0.05, 0.1) is 6.42 Å². The molecule has 0 rings (SSSR count). The molecule has 0 spiro atoms. The second-order valence-corrected chi connectivity index (χ2v) is 1.61. The third-order valence-corrected chi connectivity index (χ3v) is 0.648. The van der Waals surface area contributed by atoms with Gasteiger partial charge < -0.3 is 7.96 Å². The van der Waals surface area contributed by atoms with Crippen molar-refractivity contribution in [2.45, 2.75) is 13.3 Å². The molecule has 0 heterocycles. The minimum absolute atomic E-state index is 0. The molecule has 0 bridgehead atoms. The van der Waals surface area contributed by atoms with Crippen LogP contribution in [0, 0.1) is 0 Å². The summed E-state index contributed by atoms with van der Waals surface area (Å²) < 4.78 is 0. The zero-order chi connectivity index (χ0) is 7.44. The largest absolute Gasteiger partial charge is 2.00 e. The van der Waals surface area contributed by atoms with E-state index in [0.29, 0.717) is 0 Å². The number of carboxylic acids is 1. The third kappa shape index (κ3) is 5.12. The van der Waals surface area contributed by atoms with Crippen molar-refractivity contribution in [2.24, 2.45) is 0 Å². The van der Waals surface area contributed by atoms with Gasteiger partial charge in [-0.15, -0.1) is 0 Å². The topological polar surface area (TPSA) is 71.4 Å². The van der Waals surface area contributed by atoms with E-state index >= 15 is 0 Å². The van der Waals surface area contributed by atoms with Crippen molar-refractivity contribution in [2.75, 3.05) is 0 Å². The first-order valence-electron chi connectivity index (χ1n) is 2.29. The minimum atomic E-state index is -1.55. The van der Waals surface area contributed by atoms with Crippen LogP contribution in [0.25, 0.3) is 0 Å². The molecule has 0 fully saturated rings. The predicted molar refractivity (Wildman–Crippen MR) is 35.9 cm³/mol. The van der Waals surface area contributed by atoms with Crippen molar-refractivity contribution in [3.05, 3.63) is 0 Å². The van der Waals surface area contributed by atoms with Gasteiger partial charge in [-0.25, -0.2) is 4.79 Å². The van der Waals surface area contributed by atoms with Gasteiger partial charge in [-0.1, -0.05) is 0 Å². The quantitative estimate of drug-likeness (QED) is 0.325. The number of Topliss-reactive ketones (excluding diaryl/α,β-unsaturated/α-hetero) is 2.